The molecule has 142 valence electrons. The van der Waals surface area contributed by atoms with Gasteiger partial charge in [0, 0.05) is 18.4 Å². The highest BCUT2D eigenvalue weighted by Crippen LogP contribution is 2.33. The van der Waals surface area contributed by atoms with Crippen molar-refractivity contribution in [2.75, 3.05) is 11.4 Å². The predicted molar refractivity (Wildman–Crippen MR) is 106 cm³/mol. The van der Waals surface area contributed by atoms with E-state index < -0.39 is 5.82 Å². The third-order valence-corrected chi connectivity index (χ3v) is 4.87. The van der Waals surface area contributed by atoms with E-state index in [1.807, 2.05) is 23.1 Å². The van der Waals surface area contributed by atoms with Gasteiger partial charge in [0.25, 0.3) is 0 Å². The number of halogens is 2. The van der Waals surface area contributed by atoms with Gasteiger partial charge in [0.2, 0.25) is 5.88 Å². The lowest BCUT2D eigenvalue weighted by atomic mass is 10.0. The quantitative estimate of drug-likeness (QED) is 0.283. The molecule has 0 aliphatic carbocycles. The summed E-state index contributed by atoms with van der Waals surface area (Å²) in [5.74, 6) is 0.348. The number of fused-ring (bicyclic) bond motifs is 1. The molecule has 0 bridgehead atoms. The average molecular weight is 398 g/mol. The number of para-hydroxylation sites is 1. The van der Waals surface area contributed by atoms with Crippen LogP contribution < -0.4 is 9.64 Å². The molecular weight excluding hydrogens is 381 g/mol. The van der Waals surface area contributed by atoms with Crippen molar-refractivity contribution in [2.24, 2.45) is 5.16 Å². The van der Waals surface area contributed by atoms with Crippen LogP contribution in [0.15, 0.2) is 65.9 Å². The van der Waals surface area contributed by atoms with Gasteiger partial charge in [-0.25, -0.2) is 9.37 Å². The second kappa shape index (κ2) is 7.86. The Morgan fingerprint density at radius 2 is 2.04 bits per heavy atom. The lowest BCUT2D eigenvalue weighted by Crippen LogP contribution is -2.36. The van der Waals surface area contributed by atoms with E-state index in [0.29, 0.717) is 17.9 Å². The minimum Gasteiger partial charge on any atom is -0.437 e. The molecule has 0 radical (unpaired) electrons. The largest absolute Gasteiger partial charge is 0.437 e. The van der Waals surface area contributed by atoms with E-state index in [0.717, 1.165) is 18.5 Å². The molecule has 0 unspecified atom stereocenters. The summed E-state index contributed by atoms with van der Waals surface area (Å²) in [6.45, 7) is 0.696. The molecule has 0 fully saturated rings. The average Bonchev–Trinajstić information content (AvgIpc) is 2.72. The Morgan fingerprint density at radius 3 is 2.86 bits per heavy atom. The summed E-state index contributed by atoms with van der Waals surface area (Å²) in [4.78, 5) is 6.20. The lowest BCUT2D eigenvalue weighted by molar-refractivity contribution is 0.317. The molecule has 4 rings (SSSR count). The van der Waals surface area contributed by atoms with Crippen LogP contribution in [0.1, 0.15) is 17.5 Å². The monoisotopic (exact) mass is 397 g/mol. The summed E-state index contributed by atoms with van der Waals surface area (Å²) in [6, 6.07) is 15.3. The van der Waals surface area contributed by atoms with E-state index in [1.54, 1.807) is 18.3 Å². The van der Waals surface area contributed by atoms with Gasteiger partial charge in [0.05, 0.1) is 10.6 Å². The normalized spacial score (nSPS) is 13.9. The third kappa shape index (κ3) is 3.51. The maximum absolute atomic E-state index is 13.3. The van der Waals surface area contributed by atoms with Crippen LogP contribution in [-0.4, -0.2) is 22.6 Å². The Hall–Kier alpha value is -3.12. The molecule has 0 atom stereocenters. The van der Waals surface area contributed by atoms with Crippen LogP contribution in [-0.2, 0) is 6.42 Å². The summed E-state index contributed by atoms with van der Waals surface area (Å²) in [5.41, 5.74) is 2.67. The van der Waals surface area contributed by atoms with Gasteiger partial charge in [0.15, 0.2) is 5.84 Å². The summed E-state index contributed by atoms with van der Waals surface area (Å²) in [6.07, 6.45) is 3.46. The molecule has 1 aromatic heterocycles. The van der Waals surface area contributed by atoms with Gasteiger partial charge in [-0.15, -0.1) is 0 Å². The van der Waals surface area contributed by atoms with E-state index in [2.05, 4.69) is 16.2 Å². The molecule has 3 aromatic rings. The van der Waals surface area contributed by atoms with E-state index in [4.69, 9.17) is 16.3 Å². The highest BCUT2D eigenvalue weighted by Gasteiger charge is 2.25. The SMILES string of the molecule is O/N=C(/c1cccnc1Oc1ccc(F)cc1Cl)N1CCCc2ccccc21. The Balaban J connectivity index is 1.73. The van der Waals surface area contributed by atoms with Crippen molar-refractivity contribution in [1.82, 2.24) is 4.98 Å². The summed E-state index contributed by atoms with van der Waals surface area (Å²) in [7, 11) is 0. The van der Waals surface area contributed by atoms with Crippen molar-refractivity contribution >= 4 is 23.1 Å². The molecule has 1 N–H and O–H groups in total. The first kappa shape index (κ1) is 18.3. The zero-order chi connectivity index (χ0) is 19.5. The Bertz CT molecular complexity index is 1040. The first-order chi connectivity index (χ1) is 13.7. The molecule has 2 aromatic carbocycles. The second-order valence-corrected chi connectivity index (χ2v) is 6.75. The highest BCUT2D eigenvalue weighted by molar-refractivity contribution is 6.32. The number of nitrogens with zero attached hydrogens (tertiary/aromatic N) is 3. The summed E-state index contributed by atoms with van der Waals surface area (Å²) >= 11 is 6.08. The fraction of sp³-hybridized carbons (Fsp3) is 0.143. The van der Waals surface area contributed by atoms with Crippen LogP contribution in [0.2, 0.25) is 5.02 Å². The van der Waals surface area contributed by atoms with Crippen molar-refractivity contribution in [1.29, 1.82) is 0 Å². The van der Waals surface area contributed by atoms with Crippen LogP contribution in [0.25, 0.3) is 0 Å². The second-order valence-electron chi connectivity index (χ2n) is 6.34. The van der Waals surface area contributed by atoms with E-state index in [1.165, 1.54) is 23.8 Å². The fourth-order valence-corrected chi connectivity index (χ4v) is 3.52. The van der Waals surface area contributed by atoms with Gasteiger partial charge in [0.1, 0.15) is 11.6 Å². The molecule has 0 amide bonds. The van der Waals surface area contributed by atoms with Crippen LogP contribution in [0.4, 0.5) is 10.1 Å². The highest BCUT2D eigenvalue weighted by atomic mass is 35.5. The standard InChI is InChI=1S/C21H17ClFN3O2/c22-17-13-15(23)9-10-19(17)28-21-16(7-3-11-24-21)20(25-27)26-12-4-6-14-5-1-2-8-18(14)26/h1-3,5,7-11,13,27H,4,6,12H2/b25-20-. The summed E-state index contributed by atoms with van der Waals surface area (Å²) in [5, 5.41) is 13.5. The number of aryl methyl sites for hydroxylation is 1. The molecule has 28 heavy (non-hydrogen) atoms. The number of hydrogen-bond donors (Lipinski definition) is 1. The minimum absolute atomic E-state index is 0.127. The van der Waals surface area contributed by atoms with Crippen molar-refractivity contribution < 1.29 is 14.3 Å². The smallest absolute Gasteiger partial charge is 0.230 e. The molecule has 7 heteroatoms. The molecule has 0 saturated heterocycles. The van der Waals surface area contributed by atoms with Gasteiger partial charge in [-0.2, -0.15) is 0 Å². The molecule has 2 heterocycles. The molecule has 1 aliphatic rings. The predicted octanol–water partition coefficient (Wildman–Crippen LogP) is 5.26. The Labute approximate surface area is 166 Å². The van der Waals surface area contributed by atoms with Crippen molar-refractivity contribution in [3.63, 3.8) is 0 Å². The lowest BCUT2D eigenvalue weighted by Gasteiger charge is -2.31. The van der Waals surface area contributed by atoms with Crippen molar-refractivity contribution in [3.8, 4) is 11.6 Å². The van der Waals surface area contributed by atoms with Crippen molar-refractivity contribution in [3.05, 3.63) is 82.8 Å². The number of oxime groups is 1. The number of benzene rings is 2. The van der Waals surface area contributed by atoms with E-state index >= 15 is 0 Å². The number of rotatable bonds is 3. The molecular formula is C21H17ClFN3O2. The topological polar surface area (TPSA) is 58.0 Å². The third-order valence-electron chi connectivity index (χ3n) is 4.57. The fourth-order valence-electron chi connectivity index (χ4n) is 3.31. The van der Waals surface area contributed by atoms with Gasteiger partial charge >= 0.3 is 0 Å². The van der Waals surface area contributed by atoms with Crippen LogP contribution in [0.3, 0.4) is 0 Å². The molecule has 0 spiro atoms. The van der Waals surface area contributed by atoms with Gasteiger partial charge < -0.3 is 14.8 Å². The zero-order valence-corrected chi connectivity index (χ0v) is 15.6. The first-order valence-electron chi connectivity index (χ1n) is 8.83. The summed E-state index contributed by atoms with van der Waals surface area (Å²) < 4.78 is 19.1. The maximum atomic E-state index is 13.3. The van der Waals surface area contributed by atoms with Crippen LogP contribution >= 0.6 is 11.6 Å². The van der Waals surface area contributed by atoms with Gasteiger partial charge in [-0.05, 0) is 54.8 Å². The van der Waals surface area contributed by atoms with Crippen LogP contribution in [0, 0.1) is 5.82 Å². The number of hydrogen-bond acceptors (Lipinski definition) is 4. The number of ether oxygens (including phenoxy) is 1. The minimum atomic E-state index is -0.457. The molecule has 0 saturated carbocycles. The number of anilines is 1. The van der Waals surface area contributed by atoms with Gasteiger partial charge in [-0.1, -0.05) is 35.0 Å². The molecule has 5 nitrogen and oxygen atoms in total. The van der Waals surface area contributed by atoms with Crippen molar-refractivity contribution in [2.45, 2.75) is 12.8 Å². The number of pyridine rings is 1. The Morgan fingerprint density at radius 1 is 1.18 bits per heavy atom. The maximum Gasteiger partial charge on any atom is 0.230 e. The Kier molecular flexibility index (Phi) is 5.12. The number of aromatic nitrogens is 1. The zero-order valence-electron chi connectivity index (χ0n) is 14.8. The van der Waals surface area contributed by atoms with E-state index in [-0.39, 0.29) is 16.7 Å². The van der Waals surface area contributed by atoms with E-state index in [9.17, 15) is 9.60 Å². The number of amidine groups is 1. The van der Waals surface area contributed by atoms with Gasteiger partial charge in [-0.3, -0.25) is 0 Å². The molecule has 1 aliphatic heterocycles. The van der Waals surface area contributed by atoms with Crippen LogP contribution in [0.5, 0.6) is 11.6 Å². The first-order valence-corrected chi connectivity index (χ1v) is 9.21.